The van der Waals surface area contributed by atoms with Crippen molar-refractivity contribution in [2.75, 3.05) is 19.5 Å². The van der Waals surface area contributed by atoms with Gasteiger partial charge in [0.2, 0.25) is 5.88 Å². The number of aryl methyl sites for hydroxylation is 1. The van der Waals surface area contributed by atoms with Crippen LogP contribution < -0.4 is 19.5 Å². The summed E-state index contributed by atoms with van der Waals surface area (Å²) in [6.45, 7) is 3.34. The van der Waals surface area contributed by atoms with E-state index >= 15 is 0 Å². The lowest BCUT2D eigenvalue weighted by molar-refractivity contribution is -0.132. The normalized spacial score (nSPS) is 10.7. The van der Waals surface area contributed by atoms with Crippen LogP contribution in [0.2, 0.25) is 5.02 Å². The minimum atomic E-state index is -0.497. The first-order chi connectivity index (χ1) is 20.3. The van der Waals surface area contributed by atoms with E-state index in [1.807, 2.05) is 55.5 Å². The van der Waals surface area contributed by atoms with Crippen molar-refractivity contribution < 1.29 is 23.8 Å². The first-order valence-electron chi connectivity index (χ1n) is 13.1. The first kappa shape index (κ1) is 28.4. The topological polar surface area (TPSA) is 91.7 Å². The maximum absolute atomic E-state index is 12.8. The molecule has 5 rings (SSSR count). The van der Waals surface area contributed by atoms with Crippen LogP contribution in [-0.2, 0) is 4.79 Å². The third-order valence-corrected chi connectivity index (χ3v) is 6.78. The monoisotopic (exact) mass is 581 g/mol. The Morgan fingerprint density at radius 1 is 0.881 bits per heavy atom. The van der Waals surface area contributed by atoms with Crippen molar-refractivity contribution in [3.63, 3.8) is 0 Å². The lowest BCUT2D eigenvalue weighted by Gasteiger charge is -2.12. The molecule has 42 heavy (non-hydrogen) atoms. The lowest BCUT2D eigenvalue weighted by Crippen LogP contribution is -2.11. The van der Waals surface area contributed by atoms with Crippen LogP contribution >= 0.6 is 11.6 Å². The fourth-order valence-electron chi connectivity index (χ4n) is 4.49. The Labute approximate surface area is 248 Å². The van der Waals surface area contributed by atoms with E-state index in [4.69, 9.17) is 30.9 Å². The molecule has 0 spiro atoms. The highest BCUT2D eigenvalue weighted by Gasteiger charge is 2.26. The minimum absolute atomic E-state index is 0.245. The van der Waals surface area contributed by atoms with Gasteiger partial charge in [-0.2, -0.15) is 9.78 Å². The number of hydrogen-bond donors (Lipinski definition) is 1. The number of amides is 1. The lowest BCUT2D eigenvalue weighted by atomic mass is 10.00. The molecule has 1 amide bonds. The second-order valence-corrected chi connectivity index (χ2v) is 9.91. The third kappa shape index (κ3) is 5.99. The van der Waals surface area contributed by atoms with E-state index in [9.17, 15) is 9.59 Å². The number of carbonyl (C=O) groups is 2. The highest BCUT2D eigenvalue weighted by molar-refractivity contribution is 6.31. The average molecular weight is 582 g/mol. The van der Waals surface area contributed by atoms with Gasteiger partial charge in [0, 0.05) is 34.8 Å². The summed E-state index contributed by atoms with van der Waals surface area (Å²) in [4.78, 5) is 25.1. The molecule has 0 saturated heterocycles. The molecule has 9 heteroatoms. The molecule has 1 heterocycles. The van der Waals surface area contributed by atoms with Crippen LogP contribution in [-0.4, -0.2) is 35.9 Å². The first-order valence-corrected chi connectivity index (χ1v) is 13.4. The maximum atomic E-state index is 12.8. The summed E-state index contributed by atoms with van der Waals surface area (Å²) in [5.41, 5.74) is 5.28. The summed E-state index contributed by atoms with van der Waals surface area (Å²) in [5, 5.41) is 8.29. The number of methoxy groups -OCH3 is 2. The number of carbonyl (C=O) groups excluding carboxylic acids is 2. The Morgan fingerprint density at radius 2 is 1.62 bits per heavy atom. The fourth-order valence-corrected chi connectivity index (χ4v) is 4.68. The summed E-state index contributed by atoms with van der Waals surface area (Å²) in [6.07, 6.45) is 0. The van der Waals surface area contributed by atoms with Gasteiger partial charge in [0.25, 0.3) is 5.91 Å². The van der Waals surface area contributed by atoms with E-state index in [0.29, 0.717) is 55.8 Å². The number of benzene rings is 4. The van der Waals surface area contributed by atoms with Gasteiger partial charge in [0.1, 0.15) is 17.2 Å². The molecule has 8 nitrogen and oxygen atoms in total. The Balaban J connectivity index is 1.65. The van der Waals surface area contributed by atoms with E-state index in [-0.39, 0.29) is 11.8 Å². The van der Waals surface area contributed by atoms with Crippen molar-refractivity contribution in [1.82, 2.24) is 9.78 Å². The van der Waals surface area contributed by atoms with Gasteiger partial charge in [-0.05, 0) is 67.1 Å². The van der Waals surface area contributed by atoms with Gasteiger partial charge in [-0.3, -0.25) is 9.59 Å². The molecule has 0 radical (unpaired) electrons. The zero-order chi connectivity index (χ0) is 29.8. The molecule has 0 aliphatic heterocycles. The molecule has 212 valence electrons. The van der Waals surface area contributed by atoms with Gasteiger partial charge < -0.3 is 19.5 Å². The molecule has 0 saturated carbocycles. The van der Waals surface area contributed by atoms with Gasteiger partial charge >= 0.3 is 5.97 Å². The van der Waals surface area contributed by atoms with Crippen molar-refractivity contribution in [2.45, 2.75) is 13.8 Å². The number of hydrogen-bond acceptors (Lipinski definition) is 6. The summed E-state index contributed by atoms with van der Waals surface area (Å²) in [7, 11) is 3.15. The van der Waals surface area contributed by atoms with Crippen LogP contribution in [0, 0.1) is 6.92 Å². The van der Waals surface area contributed by atoms with E-state index in [0.717, 1.165) is 5.56 Å². The van der Waals surface area contributed by atoms with Crippen molar-refractivity contribution in [1.29, 1.82) is 0 Å². The molecule has 4 aromatic carbocycles. The molecule has 5 aromatic rings. The van der Waals surface area contributed by atoms with E-state index in [1.165, 1.54) is 6.92 Å². The molecule has 0 unspecified atom stereocenters. The van der Waals surface area contributed by atoms with Crippen molar-refractivity contribution in [3.05, 3.63) is 107 Å². The summed E-state index contributed by atoms with van der Waals surface area (Å²) in [6, 6.07) is 27.1. The Morgan fingerprint density at radius 3 is 2.26 bits per heavy atom. The van der Waals surface area contributed by atoms with Crippen LogP contribution in [0.15, 0.2) is 91.0 Å². The summed E-state index contributed by atoms with van der Waals surface area (Å²) < 4.78 is 18.5. The quantitative estimate of drug-likeness (QED) is 0.192. The third-order valence-electron chi connectivity index (χ3n) is 6.54. The van der Waals surface area contributed by atoms with E-state index in [2.05, 4.69) is 5.32 Å². The fraction of sp³-hybridized carbons (Fsp3) is 0.121. The molecule has 1 aromatic heterocycles. The number of rotatable bonds is 8. The summed E-state index contributed by atoms with van der Waals surface area (Å²) >= 11 is 6.05. The smallest absolute Gasteiger partial charge is 0.309 e. The molecule has 1 N–H and O–H groups in total. The number of halogens is 1. The second kappa shape index (κ2) is 12.2. The predicted molar refractivity (Wildman–Crippen MR) is 163 cm³/mol. The molecular weight excluding hydrogens is 554 g/mol. The van der Waals surface area contributed by atoms with Crippen molar-refractivity contribution in [3.8, 4) is 45.5 Å². The summed E-state index contributed by atoms with van der Waals surface area (Å²) in [5.74, 6) is 0.610. The van der Waals surface area contributed by atoms with Gasteiger partial charge in [0.15, 0.2) is 0 Å². The number of esters is 1. The van der Waals surface area contributed by atoms with Crippen LogP contribution in [0.3, 0.4) is 0 Å². The van der Waals surface area contributed by atoms with E-state index < -0.39 is 5.97 Å². The van der Waals surface area contributed by atoms with Crippen LogP contribution in [0.4, 0.5) is 5.69 Å². The average Bonchev–Trinajstić information content (AvgIpc) is 3.35. The largest absolute Gasteiger partial charge is 0.497 e. The predicted octanol–water partition coefficient (Wildman–Crippen LogP) is 7.36. The molecular formula is C33H28ClN3O5. The SMILES string of the molecule is COc1ccc(-c2nn(-c3ccc(C)cc3)c(OC(C)=O)c2-c2ccc(NC(=O)c3cccc(Cl)c3)cc2)c(OC)c1. The number of nitrogens with zero attached hydrogens (tertiary/aromatic N) is 2. The van der Waals surface area contributed by atoms with Gasteiger partial charge in [-0.25, -0.2) is 0 Å². The zero-order valence-electron chi connectivity index (χ0n) is 23.5. The van der Waals surface area contributed by atoms with Gasteiger partial charge in [0.05, 0.1) is 25.5 Å². The molecule has 0 aliphatic rings. The van der Waals surface area contributed by atoms with Crippen molar-refractivity contribution >= 4 is 29.2 Å². The van der Waals surface area contributed by atoms with E-state index in [1.54, 1.807) is 61.4 Å². The van der Waals surface area contributed by atoms with Crippen LogP contribution in [0.1, 0.15) is 22.8 Å². The van der Waals surface area contributed by atoms with Gasteiger partial charge in [-0.1, -0.05) is 47.5 Å². The minimum Gasteiger partial charge on any atom is -0.497 e. The molecule has 0 fully saturated rings. The molecule has 0 bridgehead atoms. The van der Waals surface area contributed by atoms with Gasteiger partial charge in [-0.15, -0.1) is 0 Å². The Kier molecular flexibility index (Phi) is 8.26. The number of anilines is 1. The molecule has 0 atom stereocenters. The highest BCUT2D eigenvalue weighted by atomic mass is 35.5. The number of ether oxygens (including phenoxy) is 3. The number of aromatic nitrogens is 2. The zero-order valence-corrected chi connectivity index (χ0v) is 24.2. The highest BCUT2D eigenvalue weighted by Crippen LogP contribution is 2.44. The standard InChI is InChI=1S/C33H28ClN3O5/c1-20-8-14-26(15-9-20)37-33(42-21(2)38)30(31(36-37)28-17-16-27(40-3)19-29(28)41-4)22-10-12-25(13-11-22)35-32(39)23-6-5-7-24(34)18-23/h5-19H,1-4H3,(H,35,39). The van der Waals surface area contributed by atoms with Crippen molar-refractivity contribution in [2.24, 2.45) is 0 Å². The Hall–Kier alpha value is -5.08. The van der Waals surface area contributed by atoms with Crippen LogP contribution in [0.25, 0.3) is 28.1 Å². The number of nitrogens with one attached hydrogen (secondary N) is 1. The van der Waals surface area contributed by atoms with Crippen LogP contribution in [0.5, 0.6) is 17.4 Å². The molecule has 0 aliphatic carbocycles. The Bertz CT molecular complexity index is 1760. The second-order valence-electron chi connectivity index (χ2n) is 9.48. The maximum Gasteiger partial charge on any atom is 0.309 e.